The summed E-state index contributed by atoms with van der Waals surface area (Å²) in [6.07, 6.45) is 0. The van der Waals surface area contributed by atoms with Crippen molar-refractivity contribution in [3.05, 3.63) is 246 Å². The van der Waals surface area contributed by atoms with E-state index in [-0.39, 0.29) is 5.41 Å². The summed E-state index contributed by atoms with van der Waals surface area (Å²) in [6.45, 7) is 4.80. The third kappa shape index (κ3) is 4.82. The van der Waals surface area contributed by atoms with Crippen LogP contribution >= 0.6 is 0 Å². The van der Waals surface area contributed by atoms with Crippen LogP contribution in [0.15, 0.2) is 212 Å². The standard InChI is InChI=1S/C56H41N/c1-55(2)48-31-17-15-30-47(48)53-52(36-39-22-12-13-28-44(39)54(53)55)57(51-33-19-16-27-43(51)38-20-6-3-7-21-38)42-34-35-46-45-29-14-18-32-49(45)56(50(46)37-42,40-23-8-4-9-24-40)41-25-10-5-11-26-41/h3-37H,1-2H3. The van der Waals surface area contributed by atoms with Gasteiger partial charge in [0.2, 0.25) is 0 Å². The summed E-state index contributed by atoms with van der Waals surface area (Å²) >= 11 is 0. The van der Waals surface area contributed by atoms with E-state index in [9.17, 15) is 0 Å². The molecule has 2 aliphatic rings. The van der Waals surface area contributed by atoms with Gasteiger partial charge in [-0.3, -0.25) is 0 Å². The van der Waals surface area contributed by atoms with Crippen molar-refractivity contribution < 1.29 is 0 Å². The Bertz CT molecular complexity index is 2940. The van der Waals surface area contributed by atoms with E-state index in [1.807, 2.05) is 0 Å². The van der Waals surface area contributed by atoms with E-state index in [4.69, 9.17) is 0 Å². The fraction of sp³-hybridized carbons (Fsp3) is 0.0714. The van der Waals surface area contributed by atoms with Gasteiger partial charge in [0.15, 0.2) is 0 Å². The van der Waals surface area contributed by atoms with Crippen LogP contribution in [-0.2, 0) is 10.8 Å². The molecule has 0 saturated carbocycles. The van der Waals surface area contributed by atoms with Crippen molar-refractivity contribution in [2.45, 2.75) is 24.7 Å². The second-order valence-electron chi connectivity index (χ2n) is 16.0. The van der Waals surface area contributed by atoms with Crippen molar-refractivity contribution in [1.29, 1.82) is 0 Å². The topological polar surface area (TPSA) is 3.24 Å². The minimum absolute atomic E-state index is 0.193. The van der Waals surface area contributed by atoms with Gasteiger partial charge < -0.3 is 4.90 Å². The van der Waals surface area contributed by atoms with E-state index in [0.29, 0.717) is 0 Å². The predicted octanol–water partition coefficient (Wildman–Crippen LogP) is 14.6. The number of rotatable bonds is 6. The molecule has 0 atom stereocenters. The van der Waals surface area contributed by atoms with Gasteiger partial charge in [0.25, 0.3) is 0 Å². The highest BCUT2D eigenvalue weighted by atomic mass is 15.1. The fourth-order valence-corrected chi connectivity index (χ4v) is 10.3. The summed E-state index contributed by atoms with van der Waals surface area (Å²) < 4.78 is 0. The normalized spacial score (nSPS) is 14.1. The molecule has 0 amide bonds. The van der Waals surface area contributed by atoms with Crippen LogP contribution in [0.25, 0.3) is 44.2 Å². The van der Waals surface area contributed by atoms with Crippen molar-refractivity contribution in [3.8, 4) is 33.4 Å². The van der Waals surface area contributed by atoms with Crippen molar-refractivity contribution in [3.63, 3.8) is 0 Å². The number of nitrogens with zero attached hydrogens (tertiary/aromatic N) is 1. The van der Waals surface area contributed by atoms with Crippen molar-refractivity contribution in [2.24, 2.45) is 0 Å². The highest BCUT2D eigenvalue weighted by Gasteiger charge is 2.47. The number of para-hydroxylation sites is 1. The van der Waals surface area contributed by atoms with Gasteiger partial charge in [-0.15, -0.1) is 0 Å². The quantitative estimate of drug-likeness (QED) is 0.165. The second kappa shape index (κ2) is 12.8. The third-order valence-electron chi connectivity index (χ3n) is 12.7. The molecule has 0 spiro atoms. The van der Waals surface area contributed by atoms with Crippen LogP contribution in [0, 0.1) is 0 Å². The zero-order chi connectivity index (χ0) is 38.1. The maximum atomic E-state index is 2.57. The Morgan fingerprint density at radius 1 is 0.386 bits per heavy atom. The van der Waals surface area contributed by atoms with E-state index in [1.165, 1.54) is 83.2 Å². The molecule has 0 fully saturated rings. The van der Waals surface area contributed by atoms with Gasteiger partial charge in [-0.1, -0.05) is 202 Å². The van der Waals surface area contributed by atoms with Gasteiger partial charge in [0.1, 0.15) is 0 Å². The van der Waals surface area contributed by atoms with Crippen LogP contribution in [0.2, 0.25) is 0 Å². The highest BCUT2D eigenvalue weighted by molar-refractivity contribution is 6.07. The summed E-state index contributed by atoms with van der Waals surface area (Å²) in [6, 6.07) is 78.8. The Hall–Kier alpha value is -6.96. The summed E-state index contributed by atoms with van der Waals surface area (Å²) in [5.41, 5.74) is 18.2. The molecule has 0 unspecified atom stereocenters. The first-order valence-corrected chi connectivity index (χ1v) is 20.0. The van der Waals surface area contributed by atoms with E-state index in [2.05, 4.69) is 231 Å². The monoisotopic (exact) mass is 727 g/mol. The Labute approximate surface area is 335 Å². The van der Waals surface area contributed by atoms with E-state index >= 15 is 0 Å². The summed E-state index contributed by atoms with van der Waals surface area (Å²) in [4.78, 5) is 2.57. The lowest BCUT2D eigenvalue weighted by atomic mass is 9.67. The molecule has 0 bridgehead atoms. The Morgan fingerprint density at radius 2 is 0.930 bits per heavy atom. The SMILES string of the molecule is CC1(C)c2ccccc2-c2c(N(c3ccc4c(c3)C(c3ccccc3)(c3ccccc3)c3ccccc3-4)c3ccccc3-c3ccccc3)cc3ccccc3c21. The summed E-state index contributed by atoms with van der Waals surface area (Å²) in [7, 11) is 0. The molecular formula is C56H41N. The number of hydrogen-bond acceptors (Lipinski definition) is 1. The molecule has 1 heteroatoms. The molecule has 9 aromatic carbocycles. The maximum Gasteiger partial charge on any atom is 0.0714 e. The van der Waals surface area contributed by atoms with Gasteiger partial charge in [0, 0.05) is 22.2 Å². The van der Waals surface area contributed by atoms with Crippen LogP contribution in [0.5, 0.6) is 0 Å². The van der Waals surface area contributed by atoms with Crippen molar-refractivity contribution >= 4 is 27.8 Å². The summed E-state index contributed by atoms with van der Waals surface area (Å²) in [5.74, 6) is 0. The van der Waals surface area contributed by atoms with Gasteiger partial charge in [-0.2, -0.15) is 0 Å². The van der Waals surface area contributed by atoms with Crippen molar-refractivity contribution in [1.82, 2.24) is 0 Å². The van der Waals surface area contributed by atoms with E-state index < -0.39 is 5.41 Å². The first-order valence-electron chi connectivity index (χ1n) is 20.0. The first-order chi connectivity index (χ1) is 28.1. The second-order valence-corrected chi connectivity index (χ2v) is 16.0. The molecule has 11 rings (SSSR count). The molecule has 0 saturated heterocycles. The average Bonchev–Trinajstić information content (AvgIpc) is 3.71. The van der Waals surface area contributed by atoms with E-state index in [0.717, 1.165) is 11.4 Å². The predicted molar refractivity (Wildman–Crippen MR) is 239 cm³/mol. The van der Waals surface area contributed by atoms with Gasteiger partial charge in [0.05, 0.1) is 16.8 Å². The zero-order valence-electron chi connectivity index (χ0n) is 32.2. The van der Waals surface area contributed by atoms with Crippen LogP contribution in [0.4, 0.5) is 17.1 Å². The molecule has 0 aromatic heterocycles. The number of fused-ring (bicyclic) bond motifs is 8. The van der Waals surface area contributed by atoms with Gasteiger partial charge in [-0.25, -0.2) is 0 Å². The lowest BCUT2D eigenvalue weighted by molar-refractivity contribution is 0.666. The fourth-order valence-electron chi connectivity index (χ4n) is 10.3. The van der Waals surface area contributed by atoms with E-state index in [1.54, 1.807) is 0 Å². The highest BCUT2D eigenvalue weighted by Crippen LogP contribution is 2.60. The smallest absolute Gasteiger partial charge is 0.0714 e. The molecular weight excluding hydrogens is 687 g/mol. The molecule has 2 aliphatic carbocycles. The lowest BCUT2D eigenvalue weighted by Crippen LogP contribution is -2.28. The van der Waals surface area contributed by atoms with Crippen molar-refractivity contribution in [2.75, 3.05) is 4.90 Å². The molecule has 9 aromatic rings. The van der Waals surface area contributed by atoms with Crippen LogP contribution in [0.1, 0.15) is 47.2 Å². The Kier molecular flexibility index (Phi) is 7.50. The molecule has 0 aliphatic heterocycles. The molecule has 57 heavy (non-hydrogen) atoms. The largest absolute Gasteiger partial charge is 0.309 e. The summed E-state index contributed by atoms with van der Waals surface area (Å²) in [5, 5.41) is 2.55. The van der Waals surface area contributed by atoms with Gasteiger partial charge in [-0.05, 0) is 90.7 Å². The molecule has 0 heterocycles. The van der Waals surface area contributed by atoms with Crippen LogP contribution in [0.3, 0.4) is 0 Å². The molecule has 270 valence electrons. The Balaban J connectivity index is 1.28. The van der Waals surface area contributed by atoms with Crippen LogP contribution < -0.4 is 4.90 Å². The number of benzene rings is 9. The lowest BCUT2D eigenvalue weighted by Gasteiger charge is -2.35. The number of anilines is 3. The third-order valence-corrected chi connectivity index (χ3v) is 12.7. The maximum absolute atomic E-state index is 2.57. The molecule has 1 nitrogen and oxygen atoms in total. The minimum Gasteiger partial charge on any atom is -0.309 e. The number of hydrogen-bond donors (Lipinski definition) is 0. The molecule has 0 radical (unpaired) electrons. The first kappa shape index (κ1) is 33.4. The molecule has 0 N–H and O–H groups in total. The van der Waals surface area contributed by atoms with Gasteiger partial charge >= 0.3 is 0 Å². The average molecular weight is 728 g/mol. The zero-order valence-corrected chi connectivity index (χ0v) is 32.2. The minimum atomic E-state index is -0.519. The Morgan fingerprint density at radius 3 is 1.65 bits per heavy atom. The van der Waals surface area contributed by atoms with Crippen LogP contribution in [-0.4, -0.2) is 0 Å².